The van der Waals surface area contributed by atoms with Crippen LogP contribution in [-0.4, -0.2) is 34.1 Å². The highest BCUT2D eigenvalue weighted by Gasteiger charge is 2.52. The van der Waals surface area contributed by atoms with Crippen molar-refractivity contribution < 1.29 is 8.42 Å². The average Bonchev–Trinajstić information content (AvgIpc) is 2.88. The maximum absolute atomic E-state index is 12.0. The van der Waals surface area contributed by atoms with Crippen LogP contribution in [0.2, 0.25) is 0 Å². The molecular weight excluding hydrogens is 274 g/mol. The number of hydrogen-bond donors (Lipinski definition) is 3. The summed E-state index contributed by atoms with van der Waals surface area (Å²) in [4.78, 5) is 0.328. The van der Waals surface area contributed by atoms with Crippen LogP contribution in [0.1, 0.15) is 13.3 Å². The second-order valence-corrected chi connectivity index (χ2v) is 7.35. The molecule has 2 fully saturated rings. The molecule has 0 spiro atoms. The Bertz CT molecular complexity index is 561. The molecule has 0 radical (unpaired) electrons. The molecule has 6 heteroatoms. The average molecular weight is 295 g/mol. The fourth-order valence-corrected chi connectivity index (χ4v) is 4.01. The number of sulfonamides is 1. The Morgan fingerprint density at radius 3 is 2.45 bits per heavy atom. The van der Waals surface area contributed by atoms with E-state index in [1.165, 1.54) is 0 Å². The summed E-state index contributed by atoms with van der Waals surface area (Å²) in [6.45, 7) is 4.60. The second-order valence-electron chi connectivity index (χ2n) is 5.58. The lowest BCUT2D eigenvalue weighted by Gasteiger charge is -2.10. The van der Waals surface area contributed by atoms with E-state index in [1.54, 1.807) is 12.1 Å². The predicted octanol–water partition coefficient (Wildman–Crippen LogP) is 1.00. The van der Waals surface area contributed by atoms with Gasteiger partial charge < -0.3 is 10.6 Å². The molecule has 1 aliphatic heterocycles. The minimum absolute atomic E-state index is 0.328. The number of fused-ring (bicyclic) bond motifs is 1. The molecular formula is C14H21N3O2S. The van der Waals surface area contributed by atoms with Gasteiger partial charge in [-0.1, -0.05) is 6.92 Å². The number of anilines is 1. The minimum Gasteiger partial charge on any atom is -0.382 e. The fraction of sp³-hybridized carbons (Fsp3) is 0.571. The van der Waals surface area contributed by atoms with E-state index in [4.69, 9.17) is 0 Å². The van der Waals surface area contributed by atoms with Crippen molar-refractivity contribution in [1.29, 1.82) is 0 Å². The van der Waals surface area contributed by atoms with Crippen molar-refractivity contribution in [3.63, 3.8) is 0 Å². The van der Waals surface area contributed by atoms with Crippen LogP contribution in [0.5, 0.6) is 0 Å². The SMILES string of the molecule is CCCNS(=O)(=O)c1ccc(NC2C3CNCC32)cc1. The molecule has 5 nitrogen and oxygen atoms in total. The van der Waals surface area contributed by atoms with Gasteiger partial charge in [0.15, 0.2) is 0 Å². The molecule has 1 saturated heterocycles. The molecule has 20 heavy (non-hydrogen) atoms. The van der Waals surface area contributed by atoms with E-state index in [0.29, 0.717) is 17.5 Å². The third-order valence-electron chi connectivity index (χ3n) is 4.13. The van der Waals surface area contributed by atoms with Gasteiger partial charge in [-0.25, -0.2) is 13.1 Å². The smallest absolute Gasteiger partial charge is 0.240 e. The van der Waals surface area contributed by atoms with E-state index in [1.807, 2.05) is 19.1 Å². The molecule has 0 aromatic heterocycles. The van der Waals surface area contributed by atoms with Crippen LogP contribution in [0.3, 0.4) is 0 Å². The van der Waals surface area contributed by atoms with E-state index in [0.717, 1.165) is 37.0 Å². The topological polar surface area (TPSA) is 70.2 Å². The number of rotatable bonds is 6. The van der Waals surface area contributed by atoms with Crippen molar-refractivity contribution in [3.8, 4) is 0 Å². The molecule has 2 unspecified atom stereocenters. The normalized spacial score (nSPS) is 28.1. The Balaban J connectivity index is 1.63. The van der Waals surface area contributed by atoms with E-state index in [-0.39, 0.29) is 0 Å². The number of nitrogens with one attached hydrogen (secondary N) is 3. The molecule has 2 aliphatic rings. The zero-order chi connectivity index (χ0) is 14.2. The van der Waals surface area contributed by atoms with Gasteiger partial charge in [-0.05, 0) is 42.5 Å². The molecule has 110 valence electrons. The van der Waals surface area contributed by atoms with Gasteiger partial charge in [0, 0.05) is 31.4 Å². The Hall–Kier alpha value is -1.11. The van der Waals surface area contributed by atoms with E-state index < -0.39 is 10.0 Å². The molecule has 1 heterocycles. The maximum Gasteiger partial charge on any atom is 0.240 e. The first-order valence-electron chi connectivity index (χ1n) is 7.19. The second kappa shape index (κ2) is 5.35. The van der Waals surface area contributed by atoms with Crippen molar-refractivity contribution in [3.05, 3.63) is 24.3 Å². The predicted molar refractivity (Wildman–Crippen MR) is 79.2 cm³/mol. The minimum atomic E-state index is -3.35. The Morgan fingerprint density at radius 1 is 1.20 bits per heavy atom. The molecule has 1 aromatic rings. The van der Waals surface area contributed by atoms with Crippen LogP contribution in [-0.2, 0) is 10.0 Å². The summed E-state index contributed by atoms with van der Waals surface area (Å²) in [7, 11) is -3.35. The van der Waals surface area contributed by atoms with Gasteiger partial charge in [0.1, 0.15) is 0 Å². The maximum atomic E-state index is 12.0. The van der Waals surface area contributed by atoms with Crippen LogP contribution in [0.15, 0.2) is 29.2 Å². The summed E-state index contributed by atoms with van der Waals surface area (Å²) >= 11 is 0. The summed E-state index contributed by atoms with van der Waals surface area (Å²) in [5.41, 5.74) is 0.999. The third-order valence-corrected chi connectivity index (χ3v) is 5.61. The van der Waals surface area contributed by atoms with Gasteiger partial charge in [0.2, 0.25) is 10.0 Å². The summed E-state index contributed by atoms with van der Waals surface area (Å²) in [5, 5.41) is 6.84. The summed E-state index contributed by atoms with van der Waals surface area (Å²) < 4.78 is 26.5. The monoisotopic (exact) mass is 295 g/mol. The Kier molecular flexibility index (Phi) is 3.70. The van der Waals surface area contributed by atoms with Crippen molar-refractivity contribution in [2.24, 2.45) is 11.8 Å². The Morgan fingerprint density at radius 2 is 1.85 bits per heavy atom. The number of benzene rings is 1. The lowest BCUT2D eigenvalue weighted by Crippen LogP contribution is -2.24. The zero-order valence-corrected chi connectivity index (χ0v) is 12.4. The summed E-state index contributed by atoms with van der Waals surface area (Å²) in [6, 6.07) is 7.58. The highest BCUT2D eigenvalue weighted by Crippen LogP contribution is 2.43. The third kappa shape index (κ3) is 2.68. The van der Waals surface area contributed by atoms with E-state index >= 15 is 0 Å². The van der Waals surface area contributed by atoms with Gasteiger partial charge >= 0.3 is 0 Å². The summed E-state index contributed by atoms with van der Waals surface area (Å²) in [5.74, 6) is 1.48. The lowest BCUT2D eigenvalue weighted by molar-refractivity contribution is 0.581. The van der Waals surface area contributed by atoms with Crippen molar-refractivity contribution in [2.45, 2.75) is 24.3 Å². The highest BCUT2D eigenvalue weighted by molar-refractivity contribution is 7.89. The van der Waals surface area contributed by atoms with Crippen LogP contribution in [0, 0.1) is 11.8 Å². The Labute approximate surface area is 120 Å². The van der Waals surface area contributed by atoms with E-state index in [2.05, 4.69) is 15.4 Å². The number of hydrogen-bond acceptors (Lipinski definition) is 4. The van der Waals surface area contributed by atoms with Gasteiger partial charge in [-0.3, -0.25) is 0 Å². The standard InChI is InChI=1S/C14H21N3O2S/c1-2-7-16-20(18,19)11-5-3-10(4-6-11)17-14-12-8-15-9-13(12)14/h3-6,12-17H,2,7-9H2,1H3. The molecule has 1 aliphatic carbocycles. The van der Waals surface area contributed by atoms with Crippen molar-refractivity contribution in [2.75, 3.05) is 25.0 Å². The van der Waals surface area contributed by atoms with Gasteiger partial charge in [-0.2, -0.15) is 0 Å². The number of piperidine rings is 1. The quantitative estimate of drug-likeness (QED) is 0.732. The first-order valence-corrected chi connectivity index (χ1v) is 8.67. The van der Waals surface area contributed by atoms with Crippen LogP contribution in [0.4, 0.5) is 5.69 Å². The lowest BCUT2D eigenvalue weighted by atomic mass is 10.3. The van der Waals surface area contributed by atoms with Crippen molar-refractivity contribution in [1.82, 2.24) is 10.0 Å². The first kappa shape index (κ1) is 13.9. The van der Waals surface area contributed by atoms with Crippen LogP contribution >= 0.6 is 0 Å². The molecule has 3 rings (SSSR count). The molecule has 2 atom stereocenters. The fourth-order valence-electron chi connectivity index (χ4n) is 2.87. The van der Waals surface area contributed by atoms with Gasteiger partial charge in [0.05, 0.1) is 4.90 Å². The van der Waals surface area contributed by atoms with Crippen LogP contribution in [0.25, 0.3) is 0 Å². The summed E-state index contributed by atoms with van der Waals surface area (Å²) in [6.07, 6.45) is 0.789. The van der Waals surface area contributed by atoms with Gasteiger partial charge in [0.25, 0.3) is 0 Å². The largest absolute Gasteiger partial charge is 0.382 e. The molecule has 0 bridgehead atoms. The molecule has 1 aromatic carbocycles. The first-order chi connectivity index (χ1) is 9.62. The van der Waals surface area contributed by atoms with Gasteiger partial charge in [-0.15, -0.1) is 0 Å². The van der Waals surface area contributed by atoms with Crippen LogP contribution < -0.4 is 15.4 Å². The molecule has 1 saturated carbocycles. The zero-order valence-electron chi connectivity index (χ0n) is 11.6. The highest BCUT2D eigenvalue weighted by atomic mass is 32.2. The molecule has 3 N–H and O–H groups in total. The van der Waals surface area contributed by atoms with E-state index in [9.17, 15) is 8.42 Å². The van der Waals surface area contributed by atoms with Crippen molar-refractivity contribution >= 4 is 15.7 Å². The molecule has 0 amide bonds.